The summed E-state index contributed by atoms with van der Waals surface area (Å²) >= 11 is 0. The van der Waals surface area contributed by atoms with E-state index in [1.807, 2.05) is 75.4 Å². The number of nitrogens with one attached hydrogen (secondary N) is 3. The molecule has 0 atom stereocenters. The Balaban J connectivity index is 1.42. The van der Waals surface area contributed by atoms with Crippen LogP contribution in [0.3, 0.4) is 0 Å². The van der Waals surface area contributed by atoms with Gasteiger partial charge in [-0.1, -0.05) is 57.2 Å². The van der Waals surface area contributed by atoms with E-state index in [9.17, 15) is 9.59 Å². The molecule has 0 bridgehead atoms. The van der Waals surface area contributed by atoms with Gasteiger partial charge in [0.2, 0.25) is 0 Å². The molecule has 5 rings (SSSR count). The summed E-state index contributed by atoms with van der Waals surface area (Å²) in [5.74, 6) is 2.17. The summed E-state index contributed by atoms with van der Waals surface area (Å²) in [6.45, 7) is 6.09. The lowest BCUT2D eigenvalue weighted by atomic mass is 9.86. The summed E-state index contributed by atoms with van der Waals surface area (Å²) in [6.07, 6.45) is 2.37. The lowest BCUT2D eigenvalue weighted by Crippen LogP contribution is -2.22. The Morgan fingerprint density at radius 3 is 2.21 bits per heavy atom. The van der Waals surface area contributed by atoms with Crippen molar-refractivity contribution in [3.05, 3.63) is 91.0 Å². The van der Waals surface area contributed by atoms with Gasteiger partial charge in [0.15, 0.2) is 17.9 Å². The molecule has 3 amide bonds. The van der Waals surface area contributed by atoms with Gasteiger partial charge in [-0.25, -0.2) is 14.6 Å². The van der Waals surface area contributed by atoms with Gasteiger partial charge in [-0.3, -0.25) is 5.32 Å². The molecule has 0 spiro atoms. The molecule has 0 aliphatic heterocycles. The Bertz CT molecular complexity index is 1780. The molecule has 0 aliphatic carbocycles. The second kappa shape index (κ2) is 12.2. The SMILES string of the molecule is COC(=O)Nc1cc(C(C)(C)C)cc(NC(=O)Nc2ccc(Oc3cccc(-c4cnco4)c3)c3ccccc23)c1OC. The molecule has 0 saturated carbocycles. The molecule has 10 nitrogen and oxygen atoms in total. The highest BCUT2D eigenvalue weighted by Crippen LogP contribution is 2.39. The van der Waals surface area contributed by atoms with Gasteiger partial charge >= 0.3 is 12.1 Å². The van der Waals surface area contributed by atoms with Crippen molar-refractivity contribution in [3.8, 4) is 28.6 Å². The minimum atomic E-state index is -0.654. The van der Waals surface area contributed by atoms with Crippen molar-refractivity contribution >= 4 is 40.0 Å². The molecule has 0 radical (unpaired) electrons. The standard InChI is InChI=1S/C33H32N4O6/c1-33(2,3)21-16-26(30(40-4)27(17-21)37-32(39)41-5)36-31(38)35-25-13-14-28(24-12-7-6-11-23(24)25)43-22-10-8-9-20(15-22)29-18-34-19-42-29/h6-19H,1-5H3,(H,37,39)(H2,35,36,38). The Labute approximate surface area is 249 Å². The van der Waals surface area contributed by atoms with Gasteiger partial charge in [0.1, 0.15) is 11.5 Å². The number of rotatable bonds is 7. The summed E-state index contributed by atoms with van der Waals surface area (Å²) in [7, 11) is 2.74. The molecule has 4 aromatic carbocycles. The summed E-state index contributed by atoms with van der Waals surface area (Å²) < 4.78 is 22.0. The van der Waals surface area contributed by atoms with Crippen molar-refractivity contribution < 1.29 is 28.2 Å². The van der Waals surface area contributed by atoms with E-state index < -0.39 is 12.1 Å². The van der Waals surface area contributed by atoms with Crippen molar-refractivity contribution in [1.82, 2.24) is 4.98 Å². The number of hydrogen-bond donors (Lipinski definition) is 3. The van der Waals surface area contributed by atoms with Crippen molar-refractivity contribution in [2.24, 2.45) is 0 Å². The average molecular weight is 581 g/mol. The first kappa shape index (κ1) is 29.0. The van der Waals surface area contributed by atoms with E-state index in [1.165, 1.54) is 20.6 Å². The third-order valence-electron chi connectivity index (χ3n) is 6.74. The fourth-order valence-corrected chi connectivity index (χ4v) is 4.57. The molecular formula is C33H32N4O6. The minimum Gasteiger partial charge on any atom is -0.492 e. The Morgan fingerprint density at radius 2 is 1.53 bits per heavy atom. The predicted molar refractivity (Wildman–Crippen MR) is 166 cm³/mol. The topological polar surface area (TPSA) is 124 Å². The highest BCUT2D eigenvalue weighted by molar-refractivity contribution is 6.08. The molecule has 43 heavy (non-hydrogen) atoms. The molecule has 3 N–H and O–H groups in total. The molecular weight excluding hydrogens is 548 g/mol. The molecule has 10 heteroatoms. The fourth-order valence-electron chi connectivity index (χ4n) is 4.57. The highest BCUT2D eigenvalue weighted by atomic mass is 16.5. The summed E-state index contributed by atoms with van der Waals surface area (Å²) in [6, 6.07) is 21.9. The number of hydrogen-bond acceptors (Lipinski definition) is 7. The largest absolute Gasteiger partial charge is 0.492 e. The number of methoxy groups -OCH3 is 2. The van der Waals surface area contributed by atoms with Crippen molar-refractivity contribution in [2.75, 3.05) is 30.2 Å². The maximum Gasteiger partial charge on any atom is 0.411 e. The predicted octanol–water partition coefficient (Wildman–Crippen LogP) is 8.42. The third kappa shape index (κ3) is 6.54. The smallest absolute Gasteiger partial charge is 0.411 e. The zero-order valence-corrected chi connectivity index (χ0v) is 24.5. The van der Waals surface area contributed by atoms with E-state index in [2.05, 4.69) is 20.9 Å². The van der Waals surface area contributed by atoms with Gasteiger partial charge in [0.05, 0.1) is 37.5 Å². The third-order valence-corrected chi connectivity index (χ3v) is 6.74. The Hall–Kier alpha value is -5.51. The van der Waals surface area contributed by atoms with Gasteiger partial charge in [-0.2, -0.15) is 0 Å². The van der Waals surface area contributed by atoms with Crippen LogP contribution in [0.15, 0.2) is 89.8 Å². The average Bonchev–Trinajstić information content (AvgIpc) is 3.53. The van der Waals surface area contributed by atoms with Gasteiger partial charge in [-0.15, -0.1) is 0 Å². The van der Waals surface area contributed by atoms with Crippen LogP contribution in [0.25, 0.3) is 22.1 Å². The molecule has 1 heterocycles. The fraction of sp³-hybridized carbons (Fsp3) is 0.182. The molecule has 0 fully saturated rings. The lowest BCUT2D eigenvalue weighted by molar-refractivity contribution is 0.187. The molecule has 5 aromatic rings. The van der Waals surface area contributed by atoms with Gasteiger partial charge in [-0.05, 0) is 47.4 Å². The van der Waals surface area contributed by atoms with Crippen LogP contribution in [0.5, 0.6) is 17.2 Å². The van der Waals surface area contributed by atoms with E-state index >= 15 is 0 Å². The van der Waals surface area contributed by atoms with Crippen LogP contribution in [-0.2, 0) is 10.2 Å². The van der Waals surface area contributed by atoms with Crippen molar-refractivity contribution in [2.45, 2.75) is 26.2 Å². The summed E-state index contributed by atoms with van der Waals surface area (Å²) in [4.78, 5) is 29.3. The molecule has 0 aliphatic rings. The normalized spacial score (nSPS) is 11.1. The van der Waals surface area contributed by atoms with Gasteiger partial charge < -0.3 is 29.3 Å². The number of carbonyl (C=O) groups excluding carboxylic acids is 2. The van der Waals surface area contributed by atoms with Crippen molar-refractivity contribution in [3.63, 3.8) is 0 Å². The van der Waals surface area contributed by atoms with Crippen LogP contribution < -0.4 is 25.4 Å². The minimum absolute atomic E-state index is 0.286. The molecule has 220 valence electrons. The number of aromatic nitrogens is 1. The Morgan fingerprint density at radius 1 is 0.814 bits per heavy atom. The summed E-state index contributed by atoms with van der Waals surface area (Å²) in [5.41, 5.74) is 2.76. The number of amides is 3. The quantitative estimate of drug-likeness (QED) is 0.176. The number of oxazole rings is 1. The maximum atomic E-state index is 13.3. The first-order valence-corrected chi connectivity index (χ1v) is 13.5. The van der Waals surface area contributed by atoms with E-state index in [1.54, 1.807) is 24.4 Å². The number of urea groups is 1. The van der Waals surface area contributed by atoms with Crippen LogP contribution >= 0.6 is 0 Å². The second-order valence-electron chi connectivity index (χ2n) is 10.7. The number of carbonyl (C=O) groups is 2. The van der Waals surface area contributed by atoms with Crippen LogP contribution in [-0.4, -0.2) is 31.3 Å². The van der Waals surface area contributed by atoms with E-state index in [-0.39, 0.29) is 11.2 Å². The molecule has 0 saturated heterocycles. The number of anilines is 3. The van der Waals surface area contributed by atoms with Gasteiger partial charge in [0.25, 0.3) is 0 Å². The van der Waals surface area contributed by atoms with Crippen LogP contribution in [0.1, 0.15) is 26.3 Å². The highest BCUT2D eigenvalue weighted by Gasteiger charge is 2.22. The zero-order valence-electron chi connectivity index (χ0n) is 24.5. The lowest BCUT2D eigenvalue weighted by Gasteiger charge is -2.24. The van der Waals surface area contributed by atoms with Gasteiger partial charge in [0, 0.05) is 16.3 Å². The Kier molecular flexibility index (Phi) is 8.20. The molecule has 1 aromatic heterocycles. The van der Waals surface area contributed by atoms with E-state index in [4.69, 9.17) is 18.6 Å². The number of nitrogens with zero attached hydrogens (tertiary/aromatic N) is 1. The van der Waals surface area contributed by atoms with Crippen LogP contribution in [0.2, 0.25) is 0 Å². The summed E-state index contributed by atoms with van der Waals surface area (Å²) in [5, 5.41) is 10.1. The van der Waals surface area contributed by atoms with E-state index in [0.29, 0.717) is 34.3 Å². The van der Waals surface area contributed by atoms with E-state index in [0.717, 1.165) is 21.9 Å². The number of benzene rings is 4. The first-order chi connectivity index (χ1) is 20.7. The molecule has 0 unspecified atom stereocenters. The monoisotopic (exact) mass is 580 g/mol. The van der Waals surface area contributed by atoms with Crippen LogP contribution in [0, 0.1) is 0 Å². The number of ether oxygens (including phenoxy) is 3. The van der Waals surface area contributed by atoms with Crippen LogP contribution in [0.4, 0.5) is 26.7 Å². The number of fused-ring (bicyclic) bond motifs is 1. The van der Waals surface area contributed by atoms with Crippen molar-refractivity contribution in [1.29, 1.82) is 0 Å². The maximum absolute atomic E-state index is 13.3. The first-order valence-electron chi connectivity index (χ1n) is 13.5. The zero-order chi connectivity index (χ0) is 30.6. The second-order valence-corrected chi connectivity index (χ2v) is 10.7.